The number of ether oxygens (including phenoxy) is 2. The Morgan fingerprint density at radius 1 is 1.37 bits per heavy atom. The molecular weight excluding hydrogens is 479 g/mol. The predicted octanol–water partition coefficient (Wildman–Crippen LogP) is 3.73. The molecule has 2 N–H and O–H groups in total. The number of imidazole rings is 1. The van der Waals surface area contributed by atoms with Crippen LogP contribution in [0, 0.1) is 3.57 Å². The fourth-order valence-electron chi connectivity index (χ4n) is 2.57. The van der Waals surface area contributed by atoms with Gasteiger partial charge >= 0.3 is 5.97 Å². The number of hydrogen-bond acceptors (Lipinski definition) is 7. The summed E-state index contributed by atoms with van der Waals surface area (Å²) in [6, 6.07) is 7.81. The summed E-state index contributed by atoms with van der Waals surface area (Å²) in [4.78, 5) is 20.9. The molecule has 0 aliphatic heterocycles. The van der Waals surface area contributed by atoms with Gasteiger partial charge in [-0.25, -0.2) is 9.97 Å². The van der Waals surface area contributed by atoms with Crippen molar-refractivity contribution in [2.45, 2.75) is 29.9 Å². The lowest BCUT2D eigenvalue weighted by Crippen LogP contribution is -2.06. The minimum Gasteiger partial charge on any atom is -0.497 e. The van der Waals surface area contributed by atoms with E-state index in [-0.39, 0.29) is 5.97 Å². The Bertz CT molecular complexity index is 977. The third-order valence-corrected chi connectivity index (χ3v) is 6.19. The summed E-state index contributed by atoms with van der Waals surface area (Å²) in [6.07, 6.45) is 2.35. The number of benzene rings is 1. The number of anilines is 1. The highest BCUT2D eigenvalue weighted by atomic mass is 127. The SMILES string of the molecule is COc1ccc(I)c(Sc2nc3c(N)nccc3n2CCCOC(C)=O)c1. The summed E-state index contributed by atoms with van der Waals surface area (Å²) in [5, 5.41) is 0.804. The van der Waals surface area contributed by atoms with Crippen molar-refractivity contribution in [2.75, 3.05) is 19.5 Å². The zero-order chi connectivity index (χ0) is 19.4. The first-order chi connectivity index (χ1) is 13.0. The molecular formula is C18H19IN4O3S. The smallest absolute Gasteiger partial charge is 0.302 e. The molecule has 0 amide bonds. The Labute approximate surface area is 174 Å². The number of fused-ring (bicyclic) bond motifs is 1. The van der Waals surface area contributed by atoms with Crippen LogP contribution in [0.5, 0.6) is 5.75 Å². The molecule has 0 saturated carbocycles. The van der Waals surface area contributed by atoms with Crippen molar-refractivity contribution >= 4 is 57.2 Å². The first-order valence-electron chi connectivity index (χ1n) is 8.25. The maximum Gasteiger partial charge on any atom is 0.302 e. The van der Waals surface area contributed by atoms with E-state index in [9.17, 15) is 4.79 Å². The molecule has 0 bridgehead atoms. The minimum absolute atomic E-state index is 0.278. The second-order valence-corrected chi connectivity index (χ2v) is 7.87. The highest BCUT2D eigenvalue weighted by Crippen LogP contribution is 2.36. The lowest BCUT2D eigenvalue weighted by Gasteiger charge is -2.10. The fourth-order valence-corrected chi connectivity index (χ4v) is 4.21. The van der Waals surface area contributed by atoms with Crippen LogP contribution in [0.3, 0.4) is 0 Å². The van der Waals surface area contributed by atoms with Crippen LogP contribution < -0.4 is 10.5 Å². The van der Waals surface area contributed by atoms with Crippen molar-refractivity contribution in [3.63, 3.8) is 0 Å². The van der Waals surface area contributed by atoms with Crippen molar-refractivity contribution in [3.05, 3.63) is 34.0 Å². The number of halogens is 1. The van der Waals surface area contributed by atoms with Gasteiger partial charge in [-0.1, -0.05) is 11.8 Å². The Morgan fingerprint density at radius 3 is 2.93 bits per heavy atom. The number of pyridine rings is 1. The largest absolute Gasteiger partial charge is 0.497 e. The van der Waals surface area contributed by atoms with Gasteiger partial charge in [0.15, 0.2) is 11.0 Å². The molecule has 0 spiro atoms. The van der Waals surface area contributed by atoms with Crippen LogP contribution in [0.15, 0.2) is 40.5 Å². The number of aromatic nitrogens is 3. The number of carbonyl (C=O) groups is 1. The van der Waals surface area contributed by atoms with Crippen LogP contribution in [0.25, 0.3) is 11.0 Å². The molecule has 0 fully saturated rings. The number of hydrogen-bond donors (Lipinski definition) is 1. The van der Waals surface area contributed by atoms with Crippen LogP contribution in [0.2, 0.25) is 0 Å². The van der Waals surface area contributed by atoms with Crippen molar-refractivity contribution < 1.29 is 14.3 Å². The molecule has 2 heterocycles. The van der Waals surface area contributed by atoms with E-state index >= 15 is 0 Å². The zero-order valence-electron chi connectivity index (χ0n) is 14.9. The molecule has 0 saturated heterocycles. The summed E-state index contributed by atoms with van der Waals surface area (Å²) < 4.78 is 13.6. The number of rotatable bonds is 7. The lowest BCUT2D eigenvalue weighted by atomic mass is 10.3. The van der Waals surface area contributed by atoms with Crippen LogP contribution in [-0.4, -0.2) is 34.2 Å². The minimum atomic E-state index is -0.278. The molecule has 0 atom stereocenters. The molecule has 2 aromatic heterocycles. The predicted molar refractivity (Wildman–Crippen MR) is 113 cm³/mol. The van der Waals surface area contributed by atoms with Gasteiger partial charge in [0.05, 0.1) is 19.2 Å². The molecule has 3 aromatic rings. The summed E-state index contributed by atoms with van der Waals surface area (Å²) in [5.74, 6) is 0.907. The van der Waals surface area contributed by atoms with Gasteiger partial charge in [0, 0.05) is 28.1 Å². The number of nitrogens with two attached hydrogens (primary N) is 1. The van der Waals surface area contributed by atoms with Gasteiger partial charge in [-0.15, -0.1) is 0 Å². The molecule has 9 heteroatoms. The topological polar surface area (TPSA) is 92.3 Å². The molecule has 142 valence electrons. The van der Waals surface area contributed by atoms with E-state index in [0.717, 1.165) is 24.9 Å². The van der Waals surface area contributed by atoms with Gasteiger partial charge in [0.25, 0.3) is 0 Å². The Kier molecular flexibility index (Phi) is 6.42. The van der Waals surface area contributed by atoms with Crippen LogP contribution >= 0.6 is 34.4 Å². The van der Waals surface area contributed by atoms with E-state index in [0.29, 0.717) is 30.9 Å². The maximum atomic E-state index is 11.0. The van der Waals surface area contributed by atoms with Crippen molar-refractivity contribution in [2.24, 2.45) is 0 Å². The molecule has 0 unspecified atom stereocenters. The second kappa shape index (κ2) is 8.79. The zero-order valence-corrected chi connectivity index (χ0v) is 17.9. The average molecular weight is 498 g/mol. The van der Waals surface area contributed by atoms with E-state index < -0.39 is 0 Å². The Balaban J connectivity index is 1.95. The highest BCUT2D eigenvalue weighted by molar-refractivity contribution is 14.1. The van der Waals surface area contributed by atoms with Crippen LogP contribution in [0.1, 0.15) is 13.3 Å². The molecule has 1 aromatic carbocycles. The molecule has 3 rings (SSSR count). The number of methoxy groups -OCH3 is 1. The third-order valence-electron chi connectivity index (χ3n) is 3.83. The number of aryl methyl sites for hydroxylation is 1. The van der Waals surface area contributed by atoms with E-state index in [2.05, 4.69) is 32.1 Å². The van der Waals surface area contributed by atoms with Crippen molar-refractivity contribution in [3.8, 4) is 5.75 Å². The van der Waals surface area contributed by atoms with Gasteiger partial charge in [-0.2, -0.15) is 0 Å². The summed E-state index contributed by atoms with van der Waals surface area (Å²) in [7, 11) is 1.65. The van der Waals surface area contributed by atoms with Gasteiger partial charge in [-0.3, -0.25) is 4.79 Å². The third kappa shape index (κ3) is 4.64. The Hall–Kier alpha value is -2.01. The second-order valence-electron chi connectivity index (χ2n) is 5.70. The van der Waals surface area contributed by atoms with Gasteiger partial charge in [0.1, 0.15) is 11.3 Å². The van der Waals surface area contributed by atoms with Crippen molar-refractivity contribution in [1.29, 1.82) is 0 Å². The molecule has 0 aliphatic carbocycles. The van der Waals surface area contributed by atoms with Gasteiger partial charge in [-0.05, 0) is 53.3 Å². The number of esters is 1. The normalized spacial score (nSPS) is 10.9. The van der Waals surface area contributed by atoms with E-state index in [1.54, 1.807) is 25.1 Å². The van der Waals surface area contributed by atoms with Gasteiger partial charge < -0.3 is 19.8 Å². The van der Waals surface area contributed by atoms with Crippen molar-refractivity contribution in [1.82, 2.24) is 14.5 Å². The van der Waals surface area contributed by atoms with E-state index in [4.69, 9.17) is 20.2 Å². The molecule has 27 heavy (non-hydrogen) atoms. The highest BCUT2D eigenvalue weighted by Gasteiger charge is 2.16. The molecule has 0 aliphatic rings. The first-order valence-corrected chi connectivity index (χ1v) is 10.1. The van der Waals surface area contributed by atoms with E-state index in [1.807, 2.05) is 24.3 Å². The quantitative estimate of drug-likeness (QED) is 0.302. The van der Waals surface area contributed by atoms with Crippen LogP contribution in [0.4, 0.5) is 5.82 Å². The number of nitrogens with zero attached hydrogens (tertiary/aromatic N) is 3. The molecule has 0 radical (unpaired) electrons. The lowest BCUT2D eigenvalue weighted by molar-refractivity contribution is -0.141. The number of carbonyl (C=O) groups excluding carboxylic acids is 1. The number of nitrogen functional groups attached to an aromatic ring is 1. The monoisotopic (exact) mass is 498 g/mol. The van der Waals surface area contributed by atoms with Gasteiger partial charge in [0.2, 0.25) is 0 Å². The average Bonchev–Trinajstić information content (AvgIpc) is 2.99. The summed E-state index contributed by atoms with van der Waals surface area (Å²) >= 11 is 3.83. The molecule has 7 nitrogen and oxygen atoms in total. The fraction of sp³-hybridized carbons (Fsp3) is 0.278. The maximum absolute atomic E-state index is 11.0. The summed E-state index contributed by atoms with van der Waals surface area (Å²) in [5.41, 5.74) is 7.59. The standard InChI is InChI=1S/C18H19IN4O3S/c1-11(24)26-9-3-8-23-14-6-7-21-17(20)16(14)22-18(23)27-15-10-12(25-2)4-5-13(15)19/h4-7,10H,3,8-9H2,1-2H3,(H2,20,21). The van der Waals surface area contributed by atoms with E-state index in [1.165, 1.54) is 6.92 Å². The first kappa shape index (κ1) is 19.7. The Morgan fingerprint density at radius 2 is 2.19 bits per heavy atom. The summed E-state index contributed by atoms with van der Waals surface area (Å²) in [6.45, 7) is 2.41. The van der Waals surface area contributed by atoms with Crippen LogP contribution in [-0.2, 0) is 16.1 Å².